The number of hydrogen-bond donors (Lipinski definition) is 3. The quantitative estimate of drug-likeness (QED) is 0.585. The molecule has 0 aliphatic rings. The lowest BCUT2D eigenvalue weighted by atomic mass is 10.1. The van der Waals surface area contributed by atoms with Crippen LogP contribution >= 0.6 is 0 Å². The van der Waals surface area contributed by atoms with Crippen LogP contribution in [0, 0.1) is 0 Å². The third kappa shape index (κ3) is 8.09. The van der Waals surface area contributed by atoms with E-state index in [1.807, 2.05) is 52.0 Å². The molecule has 2 aromatic rings. The first-order valence-electron chi connectivity index (χ1n) is 9.46. The molecule has 6 nitrogen and oxygen atoms in total. The van der Waals surface area contributed by atoms with Crippen LogP contribution in [0.15, 0.2) is 60.7 Å². The van der Waals surface area contributed by atoms with E-state index in [1.54, 1.807) is 24.3 Å². The van der Waals surface area contributed by atoms with E-state index in [0.717, 1.165) is 11.3 Å². The molecule has 0 spiro atoms. The maximum absolute atomic E-state index is 12.2. The van der Waals surface area contributed by atoms with Gasteiger partial charge in [0.2, 0.25) is 5.91 Å². The molecule has 3 N–H and O–H groups in total. The highest BCUT2D eigenvalue weighted by molar-refractivity contribution is 5.97. The molecule has 0 radical (unpaired) electrons. The van der Waals surface area contributed by atoms with Crippen molar-refractivity contribution in [3.8, 4) is 5.75 Å². The Labute approximate surface area is 172 Å². The molecule has 0 saturated carbocycles. The summed E-state index contributed by atoms with van der Waals surface area (Å²) >= 11 is 0. The Bertz CT molecular complexity index is 868. The van der Waals surface area contributed by atoms with Gasteiger partial charge < -0.3 is 20.7 Å². The van der Waals surface area contributed by atoms with Gasteiger partial charge in [0.1, 0.15) is 12.4 Å². The van der Waals surface area contributed by atoms with Gasteiger partial charge in [-0.25, -0.2) is 0 Å². The molecule has 2 amide bonds. The van der Waals surface area contributed by atoms with Crippen molar-refractivity contribution in [1.82, 2.24) is 5.32 Å². The lowest BCUT2D eigenvalue weighted by Crippen LogP contribution is -2.40. The van der Waals surface area contributed by atoms with Gasteiger partial charge in [0.25, 0.3) is 5.91 Å². The molecule has 0 aromatic heterocycles. The number of nitrogens with one attached hydrogen (secondary N) is 3. The van der Waals surface area contributed by atoms with E-state index in [9.17, 15) is 9.59 Å². The number of anilines is 2. The summed E-state index contributed by atoms with van der Waals surface area (Å²) < 4.78 is 5.60. The Balaban J connectivity index is 1.86. The molecule has 154 valence electrons. The molecule has 0 aliphatic heterocycles. The molecule has 6 heteroatoms. The Morgan fingerprint density at radius 3 is 2.34 bits per heavy atom. The fourth-order valence-electron chi connectivity index (χ4n) is 2.41. The van der Waals surface area contributed by atoms with Crippen LogP contribution in [-0.4, -0.2) is 30.5 Å². The first-order chi connectivity index (χ1) is 13.6. The van der Waals surface area contributed by atoms with Crippen molar-refractivity contribution in [2.75, 3.05) is 23.8 Å². The van der Waals surface area contributed by atoms with E-state index in [1.165, 1.54) is 0 Å². The second-order valence-electron chi connectivity index (χ2n) is 7.96. The predicted molar refractivity (Wildman–Crippen MR) is 118 cm³/mol. The highest BCUT2D eigenvalue weighted by Crippen LogP contribution is 2.18. The maximum Gasteiger partial charge on any atom is 0.251 e. The van der Waals surface area contributed by atoms with Crippen LogP contribution in [0.2, 0.25) is 0 Å². The second kappa shape index (κ2) is 9.78. The zero-order chi connectivity index (χ0) is 21.4. The number of hydrogen-bond acceptors (Lipinski definition) is 4. The zero-order valence-corrected chi connectivity index (χ0v) is 17.5. The minimum absolute atomic E-state index is 0.107. The molecule has 0 fully saturated rings. The predicted octanol–water partition coefficient (Wildman–Crippen LogP) is 4.22. The average molecular weight is 396 g/mol. The molecule has 29 heavy (non-hydrogen) atoms. The van der Waals surface area contributed by atoms with Gasteiger partial charge in [-0.15, -0.1) is 0 Å². The van der Waals surface area contributed by atoms with Crippen LogP contribution in [0.1, 0.15) is 38.1 Å². The minimum atomic E-state index is -0.303. The van der Waals surface area contributed by atoms with Gasteiger partial charge in [0.05, 0.1) is 6.54 Å². The number of carbonyl (C=O) groups excluding carboxylic acids is 2. The number of rotatable bonds is 8. The Hall–Kier alpha value is -3.28. The Morgan fingerprint density at radius 2 is 1.72 bits per heavy atom. The van der Waals surface area contributed by atoms with Crippen LogP contribution in [0.25, 0.3) is 0 Å². The summed E-state index contributed by atoms with van der Waals surface area (Å²) in [7, 11) is 0. The van der Waals surface area contributed by atoms with Gasteiger partial charge in [-0.05, 0) is 69.7 Å². The molecule has 0 bridgehead atoms. The smallest absolute Gasteiger partial charge is 0.251 e. The van der Waals surface area contributed by atoms with Gasteiger partial charge in [0, 0.05) is 28.5 Å². The number of benzene rings is 2. The van der Waals surface area contributed by atoms with Crippen molar-refractivity contribution in [3.63, 3.8) is 0 Å². The average Bonchev–Trinajstić information content (AvgIpc) is 2.64. The third-order valence-electron chi connectivity index (χ3n) is 3.69. The second-order valence-corrected chi connectivity index (χ2v) is 7.96. The van der Waals surface area contributed by atoms with Gasteiger partial charge in [-0.2, -0.15) is 0 Å². The Kier molecular flexibility index (Phi) is 7.42. The van der Waals surface area contributed by atoms with Crippen LogP contribution in [0.4, 0.5) is 11.4 Å². The first-order valence-corrected chi connectivity index (χ1v) is 9.46. The lowest BCUT2D eigenvalue weighted by molar-refractivity contribution is -0.114. The van der Waals surface area contributed by atoms with Crippen LogP contribution in [-0.2, 0) is 4.79 Å². The normalized spacial score (nSPS) is 10.8. The lowest BCUT2D eigenvalue weighted by Gasteiger charge is -2.20. The summed E-state index contributed by atoms with van der Waals surface area (Å²) in [6, 6.07) is 14.2. The fourth-order valence-corrected chi connectivity index (χ4v) is 2.41. The topological polar surface area (TPSA) is 79.5 Å². The SMILES string of the molecule is C=C(C)COc1cccc(NCC(=O)Nc2ccc(C(=O)NC(C)(C)C)cc2)c1. The summed E-state index contributed by atoms with van der Waals surface area (Å²) in [5.74, 6) is 0.374. The highest BCUT2D eigenvalue weighted by atomic mass is 16.5. The molecule has 2 rings (SSSR count). The van der Waals surface area contributed by atoms with E-state index >= 15 is 0 Å². The highest BCUT2D eigenvalue weighted by Gasteiger charge is 2.15. The molecule has 0 aliphatic carbocycles. The third-order valence-corrected chi connectivity index (χ3v) is 3.69. The number of ether oxygens (including phenoxy) is 1. The van der Waals surface area contributed by atoms with Crippen LogP contribution in [0.3, 0.4) is 0 Å². The summed E-state index contributed by atoms with van der Waals surface area (Å²) in [5.41, 5.74) is 2.59. The van der Waals surface area contributed by atoms with Gasteiger partial charge in [-0.3, -0.25) is 9.59 Å². The molecular weight excluding hydrogens is 366 g/mol. The van der Waals surface area contributed by atoms with E-state index in [2.05, 4.69) is 22.5 Å². The number of carbonyl (C=O) groups is 2. The van der Waals surface area contributed by atoms with E-state index in [4.69, 9.17) is 4.74 Å². The van der Waals surface area contributed by atoms with E-state index in [0.29, 0.717) is 23.6 Å². The Morgan fingerprint density at radius 1 is 1.03 bits per heavy atom. The fraction of sp³-hybridized carbons (Fsp3) is 0.304. The molecule has 0 atom stereocenters. The standard InChI is InChI=1S/C23H29N3O3/c1-16(2)15-29-20-8-6-7-19(13-20)24-14-21(27)25-18-11-9-17(10-12-18)22(28)26-23(3,4)5/h6-13,24H,1,14-15H2,2-5H3,(H,25,27)(H,26,28). The summed E-state index contributed by atoms with van der Waals surface area (Å²) in [6.07, 6.45) is 0. The zero-order valence-electron chi connectivity index (χ0n) is 17.5. The van der Waals surface area contributed by atoms with Crippen molar-refractivity contribution < 1.29 is 14.3 Å². The van der Waals surface area contributed by atoms with Crippen molar-refractivity contribution in [1.29, 1.82) is 0 Å². The molecule has 0 unspecified atom stereocenters. The largest absolute Gasteiger partial charge is 0.489 e. The maximum atomic E-state index is 12.2. The monoisotopic (exact) mass is 395 g/mol. The van der Waals surface area contributed by atoms with Gasteiger partial charge in [0.15, 0.2) is 0 Å². The molecule has 0 heterocycles. The first kappa shape index (κ1) is 22.0. The van der Waals surface area contributed by atoms with Crippen molar-refractivity contribution in [2.24, 2.45) is 0 Å². The van der Waals surface area contributed by atoms with Crippen molar-refractivity contribution in [2.45, 2.75) is 33.2 Å². The summed E-state index contributed by atoms with van der Waals surface area (Å²) in [4.78, 5) is 24.3. The molecule has 0 saturated heterocycles. The summed E-state index contributed by atoms with van der Waals surface area (Å²) in [6.45, 7) is 12.0. The van der Waals surface area contributed by atoms with Crippen molar-refractivity contribution >= 4 is 23.2 Å². The van der Waals surface area contributed by atoms with E-state index in [-0.39, 0.29) is 23.9 Å². The van der Waals surface area contributed by atoms with Crippen LogP contribution < -0.4 is 20.7 Å². The van der Waals surface area contributed by atoms with E-state index < -0.39 is 0 Å². The number of amides is 2. The van der Waals surface area contributed by atoms with Crippen molar-refractivity contribution in [3.05, 3.63) is 66.2 Å². The van der Waals surface area contributed by atoms with Gasteiger partial charge in [-0.1, -0.05) is 12.6 Å². The molecule has 2 aromatic carbocycles. The summed E-state index contributed by atoms with van der Waals surface area (Å²) in [5, 5.41) is 8.78. The van der Waals surface area contributed by atoms with Crippen LogP contribution in [0.5, 0.6) is 5.75 Å². The minimum Gasteiger partial charge on any atom is -0.489 e. The van der Waals surface area contributed by atoms with Gasteiger partial charge >= 0.3 is 0 Å². The molecular formula is C23H29N3O3.